The van der Waals surface area contributed by atoms with E-state index in [1.165, 1.54) is 27.5 Å². The van der Waals surface area contributed by atoms with Gasteiger partial charge in [0.25, 0.3) is 0 Å². The summed E-state index contributed by atoms with van der Waals surface area (Å²) in [5, 5.41) is 4.86. The number of nitrogens with one attached hydrogen (secondary N) is 2. The highest BCUT2D eigenvalue weighted by Crippen LogP contribution is 2.22. The molecule has 0 bridgehead atoms. The molecule has 10 nitrogen and oxygen atoms in total. The SMILES string of the molecule is CN.CN.CNC(=O)[C@H](CC(N)=O)NC(=O)Cc1ncoc1-c1ccccc1. The summed E-state index contributed by atoms with van der Waals surface area (Å²) in [4.78, 5) is 39.0. The van der Waals surface area contributed by atoms with Crippen LogP contribution in [0.4, 0.5) is 0 Å². The van der Waals surface area contributed by atoms with E-state index in [9.17, 15) is 14.4 Å². The van der Waals surface area contributed by atoms with Crippen molar-refractivity contribution in [2.24, 2.45) is 17.2 Å². The second-order valence-corrected chi connectivity index (χ2v) is 5.08. The molecule has 154 valence electrons. The van der Waals surface area contributed by atoms with Crippen LogP contribution in [-0.2, 0) is 20.8 Å². The number of carbonyl (C=O) groups is 3. The first-order valence-corrected chi connectivity index (χ1v) is 8.43. The van der Waals surface area contributed by atoms with Gasteiger partial charge in [-0.15, -0.1) is 0 Å². The van der Waals surface area contributed by atoms with Gasteiger partial charge in [0.05, 0.1) is 18.5 Å². The molecule has 0 fully saturated rings. The Morgan fingerprint density at radius 3 is 2.25 bits per heavy atom. The maximum absolute atomic E-state index is 12.2. The Labute approximate surface area is 163 Å². The highest BCUT2D eigenvalue weighted by Gasteiger charge is 2.23. The maximum atomic E-state index is 12.2. The van der Waals surface area contributed by atoms with Gasteiger partial charge in [0.2, 0.25) is 17.7 Å². The molecule has 0 radical (unpaired) electrons. The largest absolute Gasteiger partial charge is 0.443 e. The fourth-order valence-electron chi connectivity index (χ4n) is 2.20. The number of oxazole rings is 1. The first-order chi connectivity index (χ1) is 13.5. The van der Waals surface area contributed by atoms with E-state index in [1.807, 2.05) is 30.3 Å². The normalized spacial score (nSPS) is 10.3. The highest BCUT2D eigenvalue weighted by molar-refractivity contribution is 5.92. The number of hydrogen-bond donors (Lipinski definition) is 5. The van der Waals surface area contributed by atoms with Gasteiger partial charge in [-0.3, -0.25) is 14.4 Å². The van der Waals surface area contributed by atoms with Crippen LogP contribution in [-0.4, -0.2) is 49.9 Å². The van der Waals surface area contributed by atoms with E-state index >= 15 is 0 Å². The van der Waals surface area contributed by atoms with Crippen LogP contribution in [0.15, 0.2) is 41.1 Å². The number of likely N-dealkylation sites (N-methyl/N-ethyl adjacent to an activating group) is 1. The molecule has 1 heterocycles. The van der Waals surface area contributed by atoms with E-state index in [1.54, 1.807) is 0 Å². The molecule has 10 heteroatoms. The summed E-state index contributed by atoms with van der Waals surface area (Å²) in [6.45, 7) is 0. The van der Waals surface area contributed by atoms with Crippen molar-refractivity contribution in [1.82, 2.24) is 15.6 Å². The zero-order valence-corrected chi connectivity index (χ0v) is 16.3. The summed E-state index contributed by atoms with van der Waals surface area (Å²) in [6, 6.07) is 8.20. The predicted molar refractivity (Wildman–Crippen MR) is 106 cm³/mol. The van der Waals surface area contributed by atoms with Gasteiger partial charge in [-0.1, -0.05) is 30.3 Å². The lowest BCUT2D eigenvalue weighted by atomic mass is 10.1. The van der Waals surface area contributed by atoms with Crippen molar-refractivity contribution in [3.8, 4) is 11.3 Å². The first kappa shape index (κ1) is 24.8. The van der Waals surface area contributed by atoms with Crippen molar-refractivity contribution >= 4 is 17.7 Å². The van der Waals surface area contributed by atoms with E-state index in [2.05, 4.69) is 27.1 Å². The molecule has 0 saturated heterocycles. The lowest BCUT2D eigenvalue weighted by molar-refractivity contribution is -0.130. The Morgan fingerprint density at radius 2 is 1.71 bits per heavy atom. The molecule has 28 heavy (non-hydrogen) atoms. The zero-order valence-electron chi connectivity index (χ0n) is 16.3. The Balaban J connectivity index is 0.00000171. The van der Waals surface area contributed by atoms with E-state index in [4.69, 9.17) is 10.2 Å². The van der Waals surface area contributed by atoms with Crippen molar-refractivity contribution < 1.29 is 18.8 Å². The molecule has 8 N–H and O–H groups in total. The van der Waals surface area contributed by atoms with E-state index in [0.717, 1.165) is 5.56 Å². The summed E-state index contributed by atoms with van der Waals surface area (Å²) >= 11 is 0. The number of rotatable bonds is 7. The summed E-state index contributed by atoms with van der Waals surface area (Å²) in [5.41, 5.74) is 15.3. The molecule has 0 aliphatic rings. The topological polar surface area (TPSA) is 179 Å². The van der Waals surface area contributed by atoms with Gasteiger partial charge in [-0.05, 0) is 14.1 Å². The number of carbonyl (C=O) groups excluding carboxylic acids is 3. The van der Waals surface area contributed by atoms with E-state index in [0.29, 0.717) is 11.5 Å². The Kier molecular flexibility index (Phi) is 12.3. The lowest BCUT2D eigenvalue weighted by Gasteiger charge is -2.15. The van der Waals surface area contributed by atoms with Crippen LogP contribution in [0.25, 0.3) is 11.3 Å². The second kappa shape index (κ2) is 13.9. The Morgan fingerprint density at radius 1 is 1.11 bits per heavy atom. The molecule has 1 aromatic carbocycles. The van der Waals surface area contributed by atoms with Gasteiger partial charge in [0.15, 0.2) is 12.2 Å². The molecule has 1 aromatic heterocycles. The molecule has 0 unspecified atom stereocenters. The van der Waals surface area contributed by atoms with Gasteiger partial charge in [0, 0.05) is 12.6 Å². The van der Waals surface area contributed by atoms with Crippen molar-refractivity contribution in [2.45, 2.75) is 18.9 Å². The molecular formula is C18H28N6O4. The molecule has 0 aliphatic heterocycles. The number of primary amides is 1. The highest BCUT2D eigenvalue weighted by atomic mass is 16.3. The van der Waals surface area contributed by atoms with Crippen molar-refractivity contribution in [1.29, 1.82) is 0 Å². The molecule has 0 aliphatic carbocycles. The summed E-state index contributed by atoms with van der Waals surface area (Å²) < 4.78 is 5.35. The smallest absolute Gasteiger partial charge is 0.242 e. The van der Waals surface area contributed by atoms with Crippen LogP contribution in [0.5, 0.6) is 0 Å². The van der Waals surface area contributed by atoms with Crippen LogP contribution in [0.2, 0.25) is 0 Å². The molecule has 2 rings (SSSR count). The minimum Gasteiger partial charge on any atom is -0.443 e. The quantitative estimate of drug-likeness (QED) is 0.406. The predicted octanol–water partition coefficient (Wildman–Crippen LogP) is -0.860. The zero-order chi connectivity index (χ0) is 21.5. The average molecular weight is 392 g/mol. The number of hydrogen-bond acceptors (Lipinski definition) is 7. The van der Waals surface area contributed by atoms with Crippen molar-refractivity contribution in [2.75, 3.05) is 21.1 Å². The van der Waals surface area contributed by atoms with Gasteiger partial charge in [0.1, 0.15) is 6.04 Å². The fraction of sp³-hybridized carbons (Fsp3) is 0.333. The van der Waals surface area contributed by atoms with Crippen LogP contribution in [0.1, 0.15) is 12.1 Å². The van der Waals surface area contributed by atoms with Crippen LogP contribution < -0.4 is 27.8 Å². The van der Waals surface area contributed by atoms with Gasteiger partial charge in [-0.25, -0.2) is 4.98 Å². The maximum Gasteiger partial charge on any atom is 0.242 e. The standard InChI is InChI=1S/C16H18N4O4.2CH5N/c1-18-16(23)12(7-13(17)21)20-14(22)8-11-15(24-9-19-11)10-5-3-2-4-6-10;2*1-2/h2-6,9,12H,7-8H2,1H3,(H2,17,21)(H,18,23)(H,20,22);2*2H2,1H3/t12-;;/m0../s1. The molecule has 2 aromatic rings. The molecule has 0 spiro atoms. The van der Waals surface area contributed by atoms with Gasteiger partial charge < -0.3 is 32.3 Å². The van der Waals surface area contributed by atoms with E-state index < -0.39 is 23.8 Å². The third-order valence-corrected chi connectivity index (χ3v) is 3.31. The summed E-state index contributed by atoms with van der Waals surface area (Å²) in [7, 11) is 4.41. The third-order valence-electron chi connectivity index (χ3n) is 3.31. The first-order valence-electron chi connectivity index (χ1n) is 8.43. The Bertz CT molecular complexity index is 733. The molecular weight excluding hydrogens is 364 g/mol. The number of nitrogens with two attached hydrogens (primary N) is 3. The summed E-state index contributed by atoms with van der Waals surface area (Å²) in [5.74, 6) is -1.16. The second-order valence-electron chi connectivity index (χ2n) is 5.08. The van der Waals surface area contributed by atoms with Crippen molar-refractivity contribution in [3.05, 3.63) is 42.4 Å². The molecule has 0 saturated carbocycles. The van der Waals surface area contributed by atoms with Gasteiger partial charge in [-0.2, -0.15) is 0 Å². The fourth-order valence-corrected chi connectivity index (χ4v) is 2.20. The van der Waals surface area contributed by atoms with Crippen LogP contribution in [0, 0.1) is 0 Å². The third kappa shape index (κ3) is 7.98. The number of nitrogens with zero attached hydrogens (tertiary/aromatic N) is 1. The van der Waals surface area contributed by atoms with Gasteiger partial charge >= 0.3 is 0 Å². The monoisotopic (exact) mass is 392 g/mol. The lowest BCUT2D eigenvalue weighted by Crippen LogP contribution is -2.48. The Hall–Kier alpha value is -3.24. The molecule has 1 atom stereocenters. The minimum atomic E-state index is -1.02. The van der Waals surface area contributed by atoms with Crippen LogP contribution >= 0.6 is 0 Å². The average Bonchev–Trinajstić information content (AvgIpc) is 3.18. The molecule has 3 amide bonds. The number of benzene rings is 1. The van der Waals surface area contributed by atoms with Crippen molar-refractivity contribution in [3.63, 3.8) is 0 Å². The minimum absolute atomic E-state index is 0.0903. The number of amides is 3. The van der Waals surface area contributed by atoms with E-state index in [-0.39, 0.29) is 12.8 Å². The summed E-state index contributed by atoms with van der Waals surface area (Å²) in [6.07, 6.45) is 0.882. The number of aromatic nitrogens is 1. The van der Waals surface area contributed by atoms with Crippen LogP contribution in [0.3, 0.4) is 0 Å².